The summed E-state index contributed by atoms with van der Waals surface area (Å²) in [5, 5.41) is 6.03. The molecule has 0 saturated carbocycles. The summed E-state index contributed by atoms with van der Waals surface area (Å²) in [6.45, 7) is 0. The van der Waals surface area contributed by atoms with Gasteiger partial charge in [-0.15, -0.1) is 0 Å². The smallest absolute Gasteiger partial charge is 0.0800 e. The third kappa shape index (κ3) is 6.46. The van der Waals surface area contributed by atoms with Gasteiger partial charge in [-0.1, -0.05) is 182 Å². The van der Waals surface area contributed by atoms with E-state index < -0.39 is 0 Å². The topological polar surface area (TPSA) is 30.7 Å². The summed E-state index contributed by atoms with van der Waals surface area (Å²) >= 11 is 0. The highest BCUT2D eigenvalue weighted by molar-refractivity contribution is 6.18. The number of fused-ring (bicyclic) bond motifs is 6. The van der Waals surface area contributed by atoms with Crippen molar-refractivity contribution in [1.82, 2.24) is 14.5 Å². The van der Waals surface area contributed by atoms with Gasteiger partial charge in [0.1, 0.15) is 0 Å². The van der Waals surface area contributed by atoms with E-state index in [0.717, 1.165) is 72.6 Å². The standard InChI is InChI=1S/C60H39N3/c1-4-17-40(18-5-1)52-39-56(42-21-8-3-9-22-42)62-60-53(36-46-23-10-11-26-49(46)59(52)60)45-25-16-24-44(35-45)47-37-54(41-19-6-2-7-20-41)61-55(38-47)43-31-33-48(34-32-43)63-57-29-14-12-27-50(57)51-28-13-15-30-58(51)63/h1-39H. The zero-order valence-corrected chi connectivity index (χ0v) is 34.4. The van der Waals surface area contributed by atoms with Crippen LogP contribution in [-0.4, -0.2) is 14.5 Å². The van der Waals surface area contributed by atoms with Gasteiger partial charge in [0.25, 0.3) is 0 Å². The van der Waals surface area contributed by atoms with E-state index in [2.05, 4.69) is 241 Å². The van der Waals surface area contributed by atoms with Crippen LogP contribution in [0.2, 0.25) is 0 Å². The lowest BCUT2D eigenvalue weighted by atomic mass is 9.89. The van der Waals surface area contributed by atoms with Gasteiger partial charge in [-0.25, -0.2) is 9.97 Å². The molecule has 0 atom stereocenters. The zero-order chi connectivity index (χ0) is 41.7. The van der Waals surface area contributed by atoms with Gasteiger partial charge < -0.3 is 4.57 Å². The molecular formula is C60H39N3. The second-order valence-corrected chi connectivity index (χ2v) is 16.1. The maximum absolute atomic E-state index is 5.52. The first-order chi connectivity index (χ1) is 31.2. The maximum Gasteiger partial charge on any atom is 0.0800 e. The first-order valence-corrected chi connectivity index (χ1v) is 21.5. The number of hydrogen-bond donors (Lipinski definition) is 0. The van der Waals surface area contributed by atoms with Gasteiger partial charge in [-0.3, -0.25) is 0 Å². The van der Waals surface area contributed by atoms with E-state index in [9.17, 15) is 0 Å². The highest BCUT2D eigenvalue weighted by atomic mass is 15.0. The quantitative estimate of drug-likeness (QED) is 0.150. The Morgan fingerprint density at radius 2 is 0.778 bits per heavy atom. The van der Waals surface area contributed by atoms with E-state index in [1.54, 1.807) is 0 Å². The Morgan fingerprint density at radius 1 is 0.286 bits per heavy atom. The minimum absolute atomic E-state index is 0.920. The number of aromatic nitrogens is 3. The molecule has 3 aromatic heterocycles. The third-order valence-electron chi connectivity index (χ3n) is 12.4. The number of rotatable bonds is 7. The zero-order valence-electron chi connectivity index (χ0n) is 34.4. The van der Waals surface area contributed by atoms with Gasteiger partial charge in [0.15, 0.2) is 0 Å². The Kier molecular flexibility index (Phi) is 8.83. The summed E-state index contributed by atoms with van der Waals surface area (Å²) < 4.78 is 2.36. The predicted molar refractivity (Wildman–Crippen MR) is 264 cm³/mol. The van der Waals surface area contributed by atoms with E-state index in [-0.39, 0.29) is 0 Å². The number of pyridine rings is 2. The molecule has 0 N–H and O–H groups in total. The molecule has 0 radical (unpaired) electrons. The third-order valence-corrected chi connectivity index (χ3v) is 12.4. The second kappa shape index (κ2) is 15.3. The van der Waals surface area contributed by atoms with Crippen LogP contribution < -0.4 is 0 Å². The van der Waals surface area contributed by atoms with Crippen molar-refractivity contribution in [2.45, 2.75) is 0 Å². The largest absolute Gasteiger partial charge is 0.309 e. The molecule has 0 amide bonds. The fraction of sp³-hybridized carbons (Fsp3) is 0. The van der Waals surface area contributed by atoms with Crippen molar-refractivity contribution in [3.63, 3.8) is 0 Å². The highest BCUT2D eigenvalue weighted by Gasteiger charge is 2.19. The molecule has 294 valence electrons. The minimum atomic E-state index is 0.920. The van der Waals surface area contributed by atoms with Crippen LogP contribution in [-0.2, 0) is 0 Å². The Balaban J connectivity index is 1.03. The van der Waals surface area contributed by atoms with Gasteiger partial charge in [0.2, 0.25) is 0 Å². The van der Waals surface area contributed by atoms with E-state index in [1.807, 2.05) is 0 Å². The van der Waals surface area contributed by atoms with Crippen molar-refractivity contribution in [2.75, 3.05) is 0 Å². The lowest BCUT2D eigenvalue weighted by Crippen LogP contribution is -1.95. The summed E-state index contributed by atoms with van der Waals surface area (Å²) in [4.78, 5) is 10.8. The van der Waals surface area contributed by atoms with Crippen LogP contribution >= 0.6 is 0 Å². The lowest BCUT2D eigenvalue weighted by molar-refractivity contribution is 1.18. The summed E-state index contributed by atoms with van der Waals surface area (Å²) in [6.07, 6.45) is 0. The summed E-state index contributed by atoms with van der Waals surface area (Å²) in [7, 11) is 0. The van der Waals surface area contributed by atoms with Crippen molar-refractivity contribution in [1.29, 1.82) is 0 Å². The van der Waals surface area contributed by atoms with Crippen LogP contribution in [0.4, 0.5) is 0 Å². The second-order valence-electron chi connectivity index (χ2n) is 16.1. The van der Waals surface area contributed by atoms with Crippen LogP contribution in [0.15, 0.2) is 237 Å². The number of nitrogens with zero attached hydrogens (tertiary/aromatic N) is 3. The first kappa shape index (κ1) is 36.5. The van der Waals surface area contributed by atoms with Crippen molar-refractivity contribution in [2.24, 2.45) is 0 Å². The molecule has 0 bridgehead atoms. The fourth-order valence-corrected chi connectivity index (χ4v) is 9.36. The van der Waals surface area contributed by atoms with Crippen molar-refractivity contribution >= 4 is 43.5 Å². The van der Waals surface area contributed by atoms with E-state index in [0.29, 0.717) is 0 Å². The molecule has 0 spiro atoms. The van der Waals surface area contributed by atoms with Crippen molar-refractivity contribution < 1.29 is 0 Å². The van der Waals surface area contributed by atoms with Gasteiger partial charge in [-0.05, 0) is 93.2 Å². The molecular weight excluding hydrogens is 763 g/mol. The Labute approximate surface area is 365 Å². The number of hydrogen-bond acceptors (Lipinski definition) is 2. The Morgan fingerprint density at radius 3 is 1.41 bits per heavy atom. The van der Waals surface area contributed by atoms with Crippen LogP contribution in [0, 0.1) is 0 Å². The van der Waals surface area contributed by atoms with Crippen molar-refractivity contribution in [3.8, 4) is 72.8 Å². The molecule has 3 nitrogen and oxygen atoms in total. The summed E-state index contributed by atoms with van der Waals surface area (Å²) in [5.41, 5.74) is 17.2. The molecule has 0 aliphatic heterocycles. The van der Waals surface area contributed by atoms with Gasteiger partial charge in [0.05, 0.1) is 33.6 Å². The van der Waals surface area contributed by atoms with Crippen LogP contribution in [0.25, 0.3) is 116 Å². The maximum atomic E-state index is 5.52. The van der Waals surface area contributed by atoms with Crippen LogP contribution in [0.1, 0.15) is 0 Å². The number of para-hydroxylation sites is 2. The molecule has 0 unspecified atom stereocenters. The molecule has 0 fully saturated rings. The van der Waals surface area contributed by atoms with Gasteiger partial charge >= 0.3 is 0 Å². The molecule has 0 aliphatic carbocycles. The number of benzene rings is 9. The highest BCUT2D eigenvalue weighted by Crippen LogP contribution is 2.42. The predicted octanol–water partition coefficient (Wildman–Crippen LogP) is 15.9. The summed E-state index contributed by atoms with van der Waals surface area (Å²) in [5.74, 6) is 0. The average molecular weight is 802 g/mol. The fourth-order valence-electron chi connectivity index (χ4n) is 9.36. The Hall–Kier alpha value is -8.40. The molecule has 3 heteroatoms. The van der Waals surface area contributed by atoms with Crippen molar-refractivity contribution in [3.05, 3.63) is 237 Å². The van der Waals surface area contributed by atoms with Gasteiger partial charge in [-0.2, -0.15) is 0 Å². The molecule has 12 rings (SSSR count). The van der Waals surface area contributed by atoms with E-state index >= 15 is 0 Å². The van der Waals surface area contributed by atoms with E-state index in [1.165, 1.54) is 43.7 Å². The molecule has 12 aromatic rings. The Bertz CT molecular complexity index is 3590. The molecule has 63 heavy (non-hydrogen) atoms. The monoisotopic (exact) mass is 801 g/mol. The first-order valence-electron chi connectivity index (χ1n) is 21.5. The molecule has 9 aromatic carbocycles. The molecule has 0 saturated heterocycles. The van der Waals surface area contributed by atoms with Crippen LogP contribution in [0.5, 0.6) is 0 Å². The average Bonchev–Trinajstić information content (AvgIpc) is 3.71. The van der Waals surface area contributed by atoms with Gasteiger partial charge in [0, 0.05) is 44.1 Å². The summed E-state index contributed by atoms with van der Waals surface area (Å²) in [6, 6.07) is 84.5. The van der Waals surface area contributed by atoms with E-state index in [4.69, 9.17) is 9.97 Å². The molecule has 0 aliphatic rings. The van der Waals surface area contributed by atoms with Crippen LogP contribution in [0.3, 0.4) is 0 Å². The SMILES string of the molecule is c1ccc(-c2cc(-c3cccc(-c4cc5ccccc5c5c(-c6ccccc6)cc(-c6ccccc6)nc45)c3)cc(-c3ccc(-n4c5ccccc5c5ccccc54)cc3)n2)cc1. The minimum Gasteiger partial charge on any atom is -0.309 e. The lowest BCUT2D eigenvalue weighted by Gasteiger charge is -2.17. The molecule has 3 heterocycles. The normalized spacial score (nSPS) is 11.5.